The van der Waals surface area contributed by atoms with Crippen LogP contribution < -0.4 is 9.64 Å². The number of aromatic nitrogens is 4. The molecule has 7 nitrogen and oxygen atoms in total. The third-order valence-electron chi connectivity index (χ3n) is 4.62. The molecule has 0 unspecified atom stereocenters. The van der Waals surface area contributed by atoms with Crippen LogP contribution in [0.1, 0.15) is 5.69 Å². The number of piperazine rings is 1. The summed E-state index contributed by atoms with van der Waals surface area (Å²) in [5.41, 5.74) is 0.944. The van der Waals surface area contributed by atoms with Gasteiger partial charge in [0, 0.05) is 55.6 Å². The van der Waals surface area contributed by atoms with E-state index in [0.29, 0.717) is 28.2 Å². The fraction of sp³-hybridized carbons (Fsp3) is 0.389. The Labute approximate surface area is 167 Å². The average Bonchev–Trinajstić information content (AvgIpc) is 3.13. The van der Waals surface area contributed by atoms with Crippen molar-refractivity contribution in [3.05, 3.63) is 46.3 Å². The number of fused-ring (bicyclic) bond motifs is 1. The van der Waals surface area contributed by atoms with Crippen LogP contribution in [0.3, 0.4) is 0 Å². The molecule has 0 bridgehead atoms. The Hall–Kier alpha value is -2.09. The predicted octanol–water partition coefficient (Wildman–Crippen LogP) is 2.94. The number of anilines is 1. The molecule has 0 atom stereocenters. The molecule has 0 aliphatic carbocycles. The van der Waals surface area contributed by atoms with Gasteiger partial charge in [0.05, 0.1) is 5.02 Å². The third kappa shape index (κ3) is 4.10. The molecule has 4 rings (SSSR count). The lowest BCUT2D eigenvalue weighted by atomic mass is 10.3. The first-order valence-corrected chi connectivity index (χ1v) is 9.58. The molecule has 1 aliphatic heterocycles. The smallest absolute Gasteiger partial charge is 0.254 e. The van der Waals surface area contributed by atoms with Crippen molar-refractivity contribution in [2.75, 3.05) is 44.2 Å². The van der Waals surface area contributed by atoms with E-state index in [-0.39, 0.29) is 0 Å². The molecule has 0 spiro atoms. The standard InChI is InChI=1S/C18H20Cl2N6O/c1-13-10-17(26-18(23-13)21-12-22-26)25-6-4-24(5-7-25)8-9-27-16-11-14(19)2-3-15(16)20/h2-3,10-12H,4-9H2,1H3. The SMILES string of the molecule is Cc1cc(N2CCN(CCOc3cc(Cl)ccc3Cl)CC2)n2ncnc2n1. The van der Waals surface area contributed by atoms with Crippen molar-refractivity contribution in [3.63, 3.8) is 0 Å². The minimum absolute atomic E-state index is 0.571. The first kappa shape index (κ1) is 18.3. The van der Waals surface area contributed by atoms with Gasteiger partial charge >= 0.3 is 0 Å². The molecule has 9 heteroatoms. The molecule has 1 aromatic carbocycles. The second-order valence-corrected chi connectivity index (χ2v) is 7.32. The van der Waals surface area contributed by atoms with E-state index in [1.165, 1.54) is 0 Å². The molecule has 0 radical (unpaired) electrons. The van der Waals surface area contributed by atoms with Gasteiger partial charge in [-0.25, -0.2) is 4.98 Å². The normalized spacial score (nSPS) is 15.4. The molecule has 3 heterocycles. The van der Waals surface area contributed by atoms with Gasteiger partial charge < -0.3 is 9.64 Å². The summed E-state index contributed by atoms with van der Waals surface area (Å²) in [6, 6.07) is 7.31. The highest BCUT2D eigenvalue weighted by Gasteiger charge is 2.20. The third-order valence-corrected chi connectivity index (χ3v) is 5.16. The van der Waals surface area contributed by atoms with Crippen LogP contribution in [0.4, 0.5) is 5.82 Å². The van der Waals surface area contributed by atoms with Gasteiger partial charge in [-0.1, -0.05) is 23.2 Å². The monoisotopic (exact) mass is 406 g/mol. The lowest BCUT2D eigenvalue weighted by Crippen LogP contribution is -2.48. The number of benzene rings is 1. The Balaban J connectivity index is 1.32. The maximum Gasteiger partial charge on any atom is 0.254 e. The van der Waals surface area contributed by atoms with Gasteiger partial charge in [0.15, 0.2) is 0 Å². The van der Waals surface area contributed by atoms with Gasteiger partial charge in [0.25, 0.3) is 5.78 Å². The van der Waals surface area contributed by atoms with E-state index >= 15 is 0 Å². The number of nitrogens with zero attached hydrogens (tertiary/aromatic N) is 6. The lowest BCUT2D eigenvalue weighted by molar-refractivity contribution is 0.200. The molecule has 3 aromatic rings. The first-order chi connectivity index (χ1) is 13.1. The molecule has 1 fully saturated rings. The molecule has 2 aromatic heterocycles. The Morgan fingerprint density at radius 3 is 2.74 bits per heavy atom. The predicted molar refractivity (Wildman–Crippen MR) is 106 cm³/mol. The minimum atomic E-state index is 0.571. The summed E-state index contributed by atoms with van der Waals surface area (Å²) < 4.78 is 7.59. The molecule has 0 amide bonds. The molecular weight excluding hydrogens is 387 g/mol. The quantitative estimate of drug-likeness (QED) is 0.648. The molecular formula is C18H20Cl2N6O. The average molecular weight is 407 g/mol. The van der Waals surface area contributed by atoms with E-state index < -0.39 is 0 Å². The van der Waals surface area contributed by atoms with Crippen LogP contribution in [-0.4, -0.2) is 63.8 Å². The van der Waals surface area contributed by atoms with E-state index in [0.717, 1.165) is 44.2 Å². The topological polar surface area (TPSA) is 58.8 Å². The number of halogens is 2. The zero-order valence-corrected chi connectivity index (χ0v) is 16.5. The zero-order valence-electron chi connectivity index (χ0n) is 15.0. The summed E-state index contributed by atoms with van der Waals surface area (Å²) >= 11 is 12.1. The van der Waals surface area contributed by atoms with E-state index in [1.54, 1.807) is 29.0 Å². The van der Waals surface area contributed by atoms with Crippen molar-refractivity contribution < 1.29 is 4.74 Å². The van der Waals surface area contributed by atoms with E-state index in [9.17, 15) is 0 Å². The number of ether oxygens (including phenoxy) is 1. The second kappa shape index (κ2) is 7.88. The van der Waals surface area contributed by atoms with E-state index in [2.05, 4.69) is 30.9 Å². The number of hydrogen-bond acceptors (Lipinski definition) is 6. The van der Waals surface area contributed by atoms with Crippen LogP contribution in [0.5, 0.6) is 5.75 Å². The fourth-order valence-corrected chi connectivity index (χ4v) is 3.54. The van der Waals surface area contributed by atoms with Crippen LogP contribution in [0, 0.1) is 6.92 Å². The van der Waals surface area contributed by atoms with Crippen molar-refractivity contribution in [2.24, 2.45) is 0 Å². The summed E-state index contributed by atoms with van der Waals surface area (Å²) in [5.74, 6) is 2.31. The number of aryl methyl sites for hydroxylation is 1. The Bertz CT molecular complexity index is 939. The van der Waals surface area contributed by atoms with Gasteiger partial charge in [-0.15, -0.1) is 0 Å². The highest BCUT2D eigenvalue weighted by molar-refractivity contribution is 6.34. The van der Waals surface area contributed by atoms with Crippen LogP contribution in [0.25, 0.3) is 5.78 Å². The summed E-state index contributed by atoms with van der Waals surface area (Å²) in [7, 11) is 0. The van der Waals surface area contributed by atoms with Gasteiger partial charge in [0.1, 0.15) is 24.5 Å². The summed E-state index contributed by atoms with van der Waals surface area (Å²) in [5, 5.41) is 5.50. The van der Waals surface area contributed by atoms with Gasteiger partial charge in [-0.05, 0) is 19.1 Å². The summed E-state index contributed by atoms with van der Waals surface area (Å²) in [6.45, 7) is 7.11. The van der Waals surface area contributed by atoms with Crippen molar-refractivity contribution in [1.82, 2.24) is 24.5 Å². The van der Waals surface area contributed by atoms with Crippen LogP contribution in [0.15, 0.2) is 30.6 Å². The largest absolute Gasteiger partial charge is 0.491 e. The molecule has 0 saturated carbocycles. The van der Waals surface area contributed by atoms with Gasteiger partial charge in [-0.3, -0.25) is 4.90 Å². The van der Waals surface area contributed by atoms with Crippen LogP contribution >= 0.6 is 23.2 Å². The minimum Gasteiger partial charge on any atom is -0.491 e. The maximum absolute atomic E-state index is 6.13. The number of hydrogen-bond donors (Lipinski definition) is 0. The van der Waals surface area contributed by atoms with E-state index in [1.807, 2.05) is 6.92 Å². The molecule has 142 valence electrons. The molecule has 1 aliphatic rings. The fourth-order valence-electron chi connectivity index (χ4n) is 3.21. The zero-order chi connectivity index (χ0) is 18.8. The second-order valence-electron chi connectivity index (χ2n) is 6.48. The maximum atomic E-state index is 6.13. The van der Waals surface area contributed by atoms with Gasteiger partial charge in [-0.2, -0.15) is 14.6 Å². The van der Waals surface area contributed by atoms with Crippen molar-refractivity contribution in [1.29, 1.82) is 0 Å². The van der Waals surface area contributed by atoms with Crippen LogP contribution in [0.2, 0.25) is 10.0 Å². The molecule has 1 saturated heterocycles. The van der Waals surface area contributed by atoms with Crippen LogP contribution in [-0.2, 0) is 0 Å². The summed E-state index contributed by atoms with van der Waals surface area (Å²) in [6.07, 6.45) is 1.54. The Morgan fingerprint density at radius 2 is 1.93 bits per heavy atom. The Kier molecular flexibility index (Phi) is 5.33. The van der Waals surface area contributed by atoms with Crippen molar-refractivity contribution in [2.45, 2.75) is 6.92 Å². The lowest BCUT2D eigenvalue weighted by Gasteiger charge is -2.35. The van der Waals surface area contributed by atoms with E-state index in [4.69, 9.17) is 27.9 Å². The highest BCUT2D eigenvalue weighted by Crippen LogP contribution is 2.27. The number of rotatable bonds is 5. The van der Waals surface area contributed by atoms with Gasteiger partial charge in [0.2, 0.25) is 0 Å². The Morgan fingerprint density at radius 1 is 1.11 bits per heavy atom. The molecule has 0 N–H and O–H groups in total. The first-order valence-electron chi connectivity index (χ1n) is 8.83. The summed E-state index contributed by atoms with van der Waals surface area (Å²) in [4.78, 5) is 13.3. The molecule has 27 heavy (non-hydrogen) atoms. The van der Waals surface area contributed by atoms with Crippen molar-refractivity contribution in [3.8, 4) is 5.75 Å². The van der Waals surface area contributed by atoms with Crippen molar-refractivity contribution >= 4 is 34.8 Å². The highest BCUT2D eigenvalue weighted by atomic mass is 35.5.